The Kier molecular flexibility index (Phi) is 7.58. The highest BCUT2D eigenvalue weighted by atomic mass is 16.7. The van der Waals surface area contributed by atoms with E-state index >= 15 is 0 Å². The van der Waals surface area contributed by atoms with Crippen LogP contribution >= 0.6 is 0 Å². The van der Waals surface area contributed by atoms with Crippen LogP contribution in [0, 0.1) is 5.92 Å². The van der Waals surface area contributed by atoms with Crippen LogP contribution in [-0.4, -0.2) is 62.2 Å². The Bertz CT molecular complexity index is 1530. The lowest BCUT2D eigenvalue weighted by Gasteiger charge is -2.48. The number of Topliss-reactive ketones (excluding diaryl/α,β-unsaturated/α-hetero) is 1. The van der Waals surface area contributed by atoms with E-state index in [1.165, 1.54) is 21.1 Å². The average molecular weight is 597 g/mol. The number of ether oxygens (including phenoxy) is 7. The summed E-state index contributed by atoms with van der Waals surface area (Å²) in [6, 6.07) is 1.65. The average Bonchev–Trinajstić information content (AvgIpc) is 3.63. The minimum absolute atomic E-state index is 0.0865. The number of carbonyl (C=O) groups is 3. The second-order valence-corrected chi connectivity index (χ2v) is 11.2. The summed E-state index contributed by atoms with van der Waals surface area (Å²) in [5, 5.41) is 12.4. The van der Waals surface area contributed by atoms with Crippen LogP contribution in [0.5, 0.6) is 17.2 Å². The second kappa shape index (κ2) is 10.8. The lowest BCUT2D eigenvalue weighted by atomic mass is 9.59. The van der Waals surface area contributed by atoms with Gasteiger partial charge in [-0.25, -0.2) is 9.59 Å². The molecular weight excluding hydrogens is 560 g/mol. The molecule has 4 aliphatic rings. The molecule has 2 aliphatic carbocycles. The van der Waals surface area contributed by atoms with E-state index in [2.05, 4.69) is 0 Å². The van der Waals surface area contributed by atoms with Crippen molar-refractivity contribution in [3.05, 3.63) is 63.7 Å². The Balaban J connectivity index is 1.89. The fourth-order valence-electron chi connectivity index (χ4n) is 6.03. The molecule has 11 heteroatoms. The third kappa shape index (κ3) is 4.31. The van der Waals surface area contributed by atoms with Crippen LogP contribution in [0.3, 0.4) is 0 Å². The standard InChI is InChI=1S/C32H36O11/c1-9-15(3)29(34)42-23-17(5)31(6,36)28(43-30(35)16(4)10-2)19-12-20(37-7)25(38-8)27(33)32(19)13-39-26-22(32)18(23)11-21-24(26)41-14-40-21/h9-12,17,23,28,36H,13-14H2,1-8H3. The van der Waals surface area contributed by atoms with Crippen LogP contribution < -0.4 is 14.2 Å². The van der Waals surface area contributed by atoms with Crippen LogP contribution in [-0.2, 0) is 38.7 Å². The molecular formula is C32H36O11. The van der Waals surface area contributed by atoms with Crippen molar-refractivity contribution in [2.24, 2.45) is 5.92 Å². The van der Waals surface area contributed by atoms with Gasteiger partial charge in [0.05, 0.1) is 14.2 Å². The fraction of sp³-hybridized carbons (Fsp3) is 0.469. The van der Waals surface area contributed by atoms with Crippen molar-refractivity contribution in [2.45, 2.75) is 64.8 Å². The normalized spacial score (nSPS) is 29.5. The summed E-state index contributed by atoms with van der Waals surface area (Å²) in [4.78, 5) is 41.2. The molecule has 1 N–H and O–H groups in total. The van der Waals surface area contributed by atoms with Crippen molar-refractivity contribution >= 4 is 17.7 Å². The number of benzene rings is 1. The molecule has 1 aromatic rings. The molecule has 5 atom stereocenters. The summed E-state index contributed by atoms with van der Waals surface area (Å²) < 4.78 is 41.0. The zero-order chi connectivity index (χ0) is 31.4. The Hall–Kier alpha value is -4.25. The van der Waals surface area contributed by atoms with Gasteiger partial charge in [0, 0.05) is 28.2 Å². The molecule has 0 amide bonds. The summed E-state index contributed by atoms with van der Waals surface area (Å²) in [6.07, 6.45) is 2.18. The van der Waals surface area contributed by atoms with Gasteiger partial charge in [0.1, 0.15) is 23.7 Å². The van der Waals surface area contributed by atoms with Crippen LogP contribution in [0.1, 0.15) is 58.8 Å². The smallest absolute Gasteiger partial charge is 0.334 e. The number of ketones is 1. The summed E-state index contributed by atoms with van der Waals surface area (Å²) in [5.74, 6) is -1.93. The predicted molar refractivity (Wildman–Crippen MR) is 151 cm³/mol. The van der Waals surface area contributed by atoms with Crippen LogP contribution in [0.4, 0.5) is 0 Å². The molecule has 5 rings (SSSR count). The van der Waals surface area contributed by atoms with Gasteiger partial charge in [-0.05, 0) is 52.3 Å². The van der Waals surface area contributed by atoms with E-state index in [9.17, 15) is 19.5 Å². The maximum absolute atomic E-state index is 14.7. The maximum Gasteiger partial charge on any atom is 0.334 e. The van der Waals surface area contributed by atoms with Crippen molar-refractivity contribution in [3.63, 3.8) is 0 Å². The zero-order valence-electron chi connectivity index (χ0n) is 25.5. The van der Waals surface area contributed by atoms with Crippen LogP contribution in [0.15, 0.2) is 52.5 Å². The lowest BCUT2D eigenvalue weighted by Crippen LogP contribution is -2.59. The first kappa shape index (κ1) is 30.2. The molecule has 0 saturated carbocycles. The quantitative estimate of drug-likeness (QED) is 0.378. The van der Waals surface area contributed by atoms with E-state index < -0.39 is 46.9 Å². The van der Waals surface area contributed by atoms with Gasteiger partial charge in [0.25, 0.3) is 0 Å². The molecule has 2 heterocycles. The topological polar surface area (TPSA) is 136 Å². The number of hydrogen-bond acceptors (Lipinski definition) is 11. The third-order valence-corrected chi connectivity index (χ3v) is 9.00. The number of hydrogen-bond donors (Lipinski definition) is 1. The van der Waals surface area contributed by atoms with Crippen molar-refractivity contribution < 1.29 is 52.6 Å². The molecule has 0 bridgehead atoms. The predicted octanol–water partition coefficient (Wildman–Crippen LogP) is 3.89. The first-order valence-electron chi connectivity index (χ1n) is 14.0. The van der Waals surface area contributed by atoms with Crippen molar-refractivity contribution in [2.75, 3.05) is 27.6 Å². The number of carbonyl (C=O) groups excluding carboxylic acids is 3. The van der Waals surface area contributed by atoms with Gasteiger partial charge in [0.15, 0.2) is 23.4 Å². The number of aliphatic hydroxyl groups is 1. The molecule has 5 unspecified atom stereocenters. The summed E-state index contributed by atoms with van der Waals surface area (Å²) in [7, 11) is 2.73. The Morgan fingerprint density at radius 2 is 1.65 bits per heavy atom. The minimum Gasteiger partial charge on any atom is -0.493 e. The highest BCUT2D eigenvalue weighted by Crippen LogP contribution is 2.62. The molecule has 43 heavy (non-hydrogen) atoms. The first-order chi connectivity index (χ1) is 20.4. The molecule has 0 radical (unpaired) electrons. The summed E-state index contributed by atoms with van der Waals surface area (Å²) in [6.45, 7) is 9.42. The van der Waals surface area contributed by atoms with Crippen LogP contribution in [0.25, 0.3) is 0 Å². The highest BCUT2D eigenvalue weighted by molar-refractivity contribution is 6.09. The third-order valence-electron chi connectivity index (χ3n) is 9.00. The summed E-state index contributed by atoms with van der Waals surface area (Å²) >= 11 is 0. The molecule has 1 spiro atoms. The second-order valence-electron chi connectivity index (χ2n) is 11.2. The molecule has 0 fully saturated rings. The Labute approximate surface area is 249 Å². The SMILES string of the molecule is CC=C(C)C(=O)OC1c2cc3c(c4c2C2(CO4)C(=O)C(OC)=C(OC)C=C2C(OC(=O)C(C)=CC)C(C)(O)C1C)OCO3. The number of methoxy groups -OCH3 is 2. The molecule has 2 aliphatic heterocycles. The number of allylic oxidation sites excluding steroid dienone is 4. The van der Waals surface area contributed by atoms with E-state index in [4.69, 9.17) is 33.2 Å². The van der Waals surface area contributed by atoms with Crippen molar-refractivity contribution in [1.29, 1.82) is 0 Å². The minimum atomic E-state index is -1.90. The first-order valence-corrected chi connectivity index (χ1v) is 14.0. The van der Waals surface area contributed by atoms with Gasteiger partial charge < -0.3 is 38.3 Å². The van der Waals surface area contributed by atoms with Gasteiger partial charge in [-0.3, -0.25) is 4.79 Å². The van der Waals surface area contributed by atoms with Crippen LogP contribution in [0.2, 0.25) is 0 Å². The fourth-order valence-corrected chi connectivity index (χ4v) is 6.03. The van der Waals surface area contributed by atoms with Gasteiger partial charge in [-0.1, -0.05) is 19.1 Å². The molecule has 230 valence electrons. The Morgan fingerprint density at radius 3 is 2.26 bits per heavy atom. The van der Waals surface area contributed by atoms with E-state index in [-0.39, 0.29) is 42.0 Å². The van der Waals surface area contributed by atoms with E-state index in [1.54, 1.807) is 58.9 Å². The van der Waals surface area contributed by atoms with E-state index in [1.807, 2.05) is 0 Å². The Morgan fingerprint density at radius 1 is 1.00 bits per heavy atom. The van der Waals surface area contributed by atoms with Gasteiger partial charge >= 0.3 is 11.9 Å². The molecule has 0 aromatic heterocycles. The highest BCUT2D eigenvalue weighted by Gasteiger charge is 2.64. The van der Waals surface area contributed by atoms with Gasteiger partial charge in [0.2, 0.25) is 24.1 Å². The zero-order valence-corrected chi connectivity index (χ0v) is 25.5. The van der Waals surface area contributed by atoms with E-state index in [0.717, 1.165) is 0 Å². The summed E-state index contributed by atoms with van der Waals surface area (Å²) in [5.41, 5.74) is -2.01. The monoisotopic (exact) mass is 596 g/mol. The number of esters is 2. The van der Waals surface area contributed by atoms with Crippen molar-refractivity contribution in [1.82, 2.24) is 0 Å². The van der Waals surface area contributed by atoms with Gasteiger partial charge in [-0.2, -0.15) is 0 Å². The molecule has 1 aromatic carbocycles. The maximum atomic E-state index is 14.7. The lowest BCUT2D eigenvalue weighted by molar-refractivity contribution is -0.177. The number of fused-ring (bicyclic) bond motifs is 2. The van der Waals surface area contributed by atoms with E-state index in [0.29, 0.717) is 28.0 Å². The molecule has 0 saturated heterocycles. The number of rotatable bonds is 6. The largest absolute Gasteiger partial charge is 0.493 e. The molecule has 11 nitrogen and oxygen atoms in total. The van der Waals surface area contributed by atoms with Gasteiger partial charge in [-0.15, -0.1) is 0 Å². The van der Waals surface area contributed by atoms with Crippen molar-refractivity contribution in [3.8, 4) is 17.2 Å².